The van der Waals surface area contributed by atoms with Gasteiger partial charge in [-0.25, -0.2) is 9.97 Å². The first-order chi connectivity index (χ1) is 10.1. The van der Waals surface area contributed by atoms with Crippen molar-refractivity contribution in [2.75, 3.05) is 30.4 Å². The highest BCUT2D eigenvalue weighted by Crippen LogP contribution is 2.40. The van der Waals surface area contributed by atoms with Crippen LogP contribution < -0.4 is 10.2 Å². The van der Waals surface area contributed by atoms with Crippen molar-refractivity contribution in [3.63, 3.8) is 0 Å². The van der Waals surface area contributed by atoms with E-state index in [2.05, 4.69) is 45.0 Å². The van der Waals surface area contributed by atoms with Gasteiger partial charge in [0.05, 0.1) is 0 Å². The smallest absolute Gasteiger partial charge is 0.137 e. The van der Waals surface area contributed by atoms with Gasteiger partial charge >= 0.3 is 0 Å². The van der Waals surface area contributed by atoms with Crippen LogP contribution in [0.4, 0.5) is 11.6 Å². The highest BCUT2D eigenvalue weighted by atomic mass is 15.2. The highest BCUT2D eigenvalue weighted by molar-refractivity contribution is 5.58. The van der Waals surface area contributed by atoms with Gasteiger partial charge in [0, 0.05) is 31.6 Å². The molecule has 0 amide bonds. The molecule has 1 aromatic heterocycles. The molecule has 4 nitrogen and oxygen atoms in total. The summed E-state index contributed by atoms with van der Waals surface area (Å²) in [5.74, 6) is 4.43. The quantitative estimate of drug-likeness (QED) is 0.786. The predicted octanol–water partition coefficient (Wildman–Crippen LogP) is 3.97. The summed E-state index contributed by atoms with van der Waals surface area (Å²) in [5, 5.41) is 3.47. The third-order valence-corrected chi connectivity index (χ3v) is 4.27. The van der Waals surface area contributed by atoms with Crippen LogP contribution in [0.5, 0.6) is 0 Å². The van der Waals surface area contributed by atoms with Crippen LogP contribution in [0.2, 0.25) is 0 Å². The van der Waals surface area contributed by atoms with Crippen molar-refractivity contribution in [3.8, 4) is 0 Å². The summed E-state index contributed by atoms with van der Waals surface area (Å²) in [7, 11) is 2.15. The van der Waals surface area contributed by atoms with Crippen LogP contribution in [0.3, 0.4) is 0 Å². The largest absolute Gasteiger partial charge is 0.370 e. The van der Waals surface area contributed by atoms with Gasteiger partial charge < -0.3 is 10.2 Å². The minimum atomic E-state index is 0.587. The number of hydrogen-bond donors (Lipinski definition) is 1. The lowest BCUT2D eigenvalue weighted by molar-refractivity contribution is 0.556. The van der Waals surface area contributed by atoms with E-state index in [1.165, 1.54) is 24.8 Å². The van der Waals surface area contributed by atoms with Gasteiger partial charge in [0.25, 0.3) is 0 Å². The third-order valence-electron chi connectivity index (χ3n) is 4.27. The molecule has 1 aliphatic rings. The Bertz CT molecular complexity index is 468. The first kappa shape index (κ1) is 16.1. The molecule has 1 atom stereocenters. The summed E-state index contributed by atoms with van der Waals surface area (Å²) in [6.45, 7) is 10.9. The Morgan fingerprint density at radius 1 is 1.29 bits per heavy atom. The van der Waals surface area contributed by atoms with E-state index >= 15 is 0 Å². The molecule has 1 saturated carbocycles. The van der Waals surface area contributed by atoms with Crippen LogP contribution in [0.25, 0.3) is 0 Å². The molecule has 0 radical (unpaired) electrons. The van der Waals surface area contributed by atoms with E-state index in [4.69, 9.17) is 9.97 Å². The fraction of sp³-hybridized carbons (Fsp3) is 0.765. The lowest BCUT2D eigenvalue weighted by Gasteiger charge is -2.25. The maximum Gasteiger partial charge on any atom is 0.137 e. The molecular weight excluding hydrogens is 260 g/mol. The Morgan fingerprint density at radius 2 is 2.00 bits per heavy atom. The molecule has 1 heterocycles. The van der Waals surface area contributed by atoms with Crippen molar-refractivity contribution in [3.05, 3.63) is 11.4 Å². The molecule has 1 aliphatic carbocycles. The highest BCUT2D eigenvalue weighted by Gasteiger charge is 2.28. The van der Waals surface area contributed by atoms with Crippen LogP contribution in [-0.4, -0.2) is 30.1 Å². The molecule has 0 aliphatic heterocycles. The van der Waals surface area contributed by atoms with E-state index in [1.54, 1.807) is 0 Å². The predicted molar refractivity (Wildman–Crippen MR) is 90.2 cm³/mol. The fourth-order valence-corrected chi connectivity index (χ4v) is 2.52. The number of nitrogens with one attached hydrogen (secondary N) is 1. The Hall–Kier alpha value is -1.32. The monoisotopic (exact) mass is 290 g/mol. The van der Waals surface area contributed by atoms with E-state index in [9.17, 15) is 0 Å². The minimum absolute atomic E-state index is 0.587. The molecule has 0 bridgehead atoms. The van der Waals surface area contributed by atoms with Crippen LogP contribution >= 0.6 is 0 Å². The first-order valence-electron chi connectivity index (χ1n) is 8.40. The number of rotatable bonds is 8. The Labute approximate surface area is 129 Å². The maximum absolute atomic E-state index is 4.87. The molecule has 0 aromatic carbocycles. The van der Waals surface area contributed by atoms with Gasteiger partial charge in [0.2, 0.25) is 0 Å². The Balaban J connectivity index is 2.26. The van der Waals surface area contributed by atoms with Crippen molar-refractivity contribution in [2.45, 2.75) is 59.3 Å². The molecular formula is C17H30N4. The zero-order valence-corrected chi connectivity index (χ0v) is 14.2. The molecule has 4 heteroatoms. The van der Waals surface area contributed by atoms with Crippen LogP contribution in [0.1, 0.15) is 63.8 Å². The summed E-state index contributed by atoms with van der Waals surface area (Å²) in [4.78, 5) is 11.9. The van der Waals surface area contributed by atoms with Gasteiger partial charge in [0.15, 0.2) is 0 Å². The van der Waals surface area contributed by atoms with Gasteiger partial charge in [0.1, 0.15) is 17.5 Å². The van der Waals surface area contributed by atoms with Crippen molar-refractivity contribution >= 4 is 11.6 Å². The zero-order valence-electron chi connectivity index (χ0n) is 14.2. The molecule has 0 spiro atoms. The van der Waals surface area contributed by atoms with E-state index in [0.717, 1.165) is 37.0 Å². The zero-order chi connectivity index (χ0) is 15.4. The summed E-state index contributed by atoms with van der Waals surface area (Å²) >= 11 is 0. The molecule has 2 rings (SSSR count). The minimum Gasteiger partial charge on any atom is -0.370 e. The number of nitrogens with zero attached hydrogens (tertiary/aromatic N) is 3. The lowest BCUT2D eigenvalue weighted by atomic mass is 10.1. The molecule has 1 unspecified atom stereocenters. The standard InChI is InChI=1S/C17H30N4/c1-6-10-18-15-13(4)17(21(5)11-12(3)7-2)20-16(19-15)14-8-9-14/h12,14H,6-11H2,1-5H3,(H,18,19,20). The first-order valence-corrected chi connectivity index (χ1v) is 8.40. The second kappa shape index (κ2) is 7.10. The number of anilines is 2. The Kier molecular flexibility index (Phi) is 5.43. The number of hydrogen-bond acceptors (Lipinski definition) is 4. The normalized spacial score (nSPS) is 15.9. The van der Waals surface area contributed by atoms with Crippen molar-refractivity contribution in [1.29, 1.82) is 0 Å². The second-order valence-corrected chi connectivity index (χ2v) is 6.47. The number of aromatic nitrogens is 2. The van der Waals surface area contributed by atoms with E-state index in [0.29, 0.717) is 11.8 Å². The SMILES string of the molecule is CCCNc1nc(C2CC2)nc(N(C)CC(C)CC)c1C. The van der Waals surface area contributed by atoms with Gasteiger partial charge in [-0.15, -0.1) is 0 Å². The molecule has 1 aromatic rings. The van der Waals surface area contributed by atoms with E-state index < -0.39 is 0 Å². The van der Waals surface area contributed by atoms with Crippen LogP contribution in [0.15, 0.2) is 0 Å². The van der Waals surface area contributed by atoms with Crippen molar-refractivity contribution in [1.82, 2.24) is 9.97 Å². The van der Waals surface area contributed by atoms with Gasteiger partial charge in [-0.1, -0.05) is 27.2 Å². The summed E-state index contributed by atoms with van der Waals surface area (Å²) in [6.07, 6.45) is 4.79. The van der Waals surface area contributed by atoms with E-state index in [-0.39, 0.29) is 0 Å². The van der Waals surface area contributed by atoms with E-state index in [1.807, 2.05) is 0 Å². The second-order valence-electron chi connectivity index (χ2n) is 6.47. The van der Waals surface area contributed by atoms with Crippen molar-refractivity contribution < 1.29 is 0 Å². The van der Waals surface area contributed by atoms with Gasteiger partial charge in [-0.3, -0.25) is 0 Å². The molecule has 0 saturated heterocycles. The topological polar surface area (TPSA) is 41.1 Å². The molecule has 118 valence electrons. The average molecular weight is 290 g/mol. The summed E-state index contributed by atoms with van der Waals surface area (Å²) in [6, 6.07) is 0. The van der Waals surface area contributed by atoms with Gasteiger partial charge in [-0.05, 0) is 32.1 Å². The molecule has 1 N–H and O–H groups in total. The van der Waals surface area contributed by atoms with Crippen LogP contribution in [-0.2, 0) is 0 Å². The third kappa shape index (κ3) is 4.08. The average Bonchev–Trinajstić information content (AvgIpc) is 3.30. The Morgan fingerprint density at radius 3 is 2.57 bits per heavy atom. The maximum atomic E-state index is 4.87. The summed E-state index contributed by atoms with van der Waals surface area (Å²) < 4.78 is 0. The van der Waals surface area contributed by atoms with Crippen molar-refractivity contribution in [2.24, 2.45) is 5.92 Å². The fourth-order valence-electron chi connectivity index (χ4n) is 2.52. The molecule has 1 fully saturated rings. The van der Waals surface area contributed by atoms with Crippen LogP contribution in [0, 0.1) is 12.8 Å². The molecule has 21 heavy (non-hydrogen) atoms. The van der Waals surface area contributed by atoms with Gasteiger partial charge in [-0.2, -0.15) is 0 Å². The lowest BCUT2D eigenvalue weighted by Crippen LogP contribution is -2.26. The summed E-state index contributed by atoms with van der Waals surface area (Å²) in [5.41, 5.74) is 1.18.